The van der Waals surface area contributed by atoms with Gasteiger partial charge in [-0.3, -0.25) is 4.79 Å². The lowest BCUT2D eigenvalue weighted by Gasteiger charge is -2.08. The van der Waals surface area contributed by atoms with Crippen LogP contribution in [0.3, 0.4) is 0 Å². The van der Waals surface area contributed by atoms with E-state index in [0.717, 1.165) is 11.4 Å². The minimum Gasteiger partial charge on any atom is -0.494 e. The lowest BCUT2D eigenvalue weighted by molar-refractivity contribution is -0.142. The van der Waals surface area contributed by atoms with Gasteiger partial charge in [0.1, 0.15) is 5.75 Å². The summed E-state index contributed by atoms with van der Waals surface area (Å²) in [6.45, 7) is 5.39. The van der Waals surface area contributed by atoms with Crippen molar-refractivity contribution in [1.82, 2.24) is 0 Å². The first-order valence-electron chi connectivity index (χ1n) is 5.88. The summed E-state index contributed by atoms with van der Waals surface area (Å²) in [5, 5.41) is 3.15. The second-order valence-corrected chi connectivity index (χ2v) is 3.44. The van der Waals surface area contributed by atoms with Crippen LogP contribution in [0.5, 0.6) is 5.75 Å². The molecule has 0 aliphatic heterocycles. The molecular weight excluding hydrogens is 218 g/mol. The molecule has 0 heterocycles. The topological polar surface area (TPSA) is 47.6 Å². The van der Waals surface area contributed by atoms with E-state index >= 15 is 0 Å². The van der Waals surface area contributed by atoms with Gasteiger partial charge in [-0.25, -0.2) is 0 Å². The van der Waals surface area contributed by atoms with Crippen LogP contribution in [0, 0.1) is 0 Å². The minimum atomic E-state index is -0.180. The summed E-state index contributed by atoms with van der Waals surface area (Å²) in [5.74, 6) is 0.648. The van der Waals surface area contributed by atoms with Crippen molar-refractivity contribution in [1.29, 1.82) is 0 Å². The molecule has 0 spiro atoms. The monoisotopic (exact) mass is 237 g/mol. The molecule has 4 nitrogen and oxygen atoms in total. The zero-order valence-corrected chi connectivity index (χ0v) is 10.4. The third-order valence-electron chi connectivity index (χ3n) is 2.11. The Bertz CT molecular complexity index is 352. The molecule has 0 aliphatic carbocycles. The normalized spacial score (nSPS) is 9.76. The molecule has 17 heavy (non-hydrogen) atoms. The van der Waals surface area contributed by atoms with Crippen LogP contribution in [-0.2, 0) is 9.53 Å². The van der Waals surface area contributed by atoms with Gasteiger partial charge in [0.2, 0.25) is 0 Å². The first kappa shape index (κ1) is 13.4. The second kappa shape index (κ2) is 7.54. The van der Waals surface area contributed by atoms with Crippen molar-refractivity contribution in [3.8, 4) is 5.75 Å². The fourth-order valence-corrected chi connectivity index (χ4v) is 1.40. The van der Waals surface area contributed by atoms with Crippen molar-refractivity contribution in [3.05, 3.63) is 24.3 Å². The number of carbonyl (C=O) groups is 1. The van der Waals surface area contributed by atoms with Crippen molar-refractivity contribution in [2.45, 2.75) is 20.3 Å². The summed E-state index contributed by atoms with van der Waals surface area (Å²) in [6, 6.07) is 7.67. The van der Waals surface area contributed by atoms with E-state index in [-0.39, 0.29) is 5.97 Å². The third-order valence-corrected chi connectivity index (χ3v) is 2.11. The number of rotatable bonds is 7. The predicted molar refractivity (Wildman–Crippen MR) is 67.4 cm³/mol. The fraction of sp³-hybridized carbons (Fsp3) is 0.462. The highest BCUT2D eigenvalue weighted by Crippen LogP contribution is 2.17. The van der Waals surface area contributed by atoms with Crippen LogP contribution in [0.4, 0.5) is 5.69 Å². The van der Waals surface area contributed by atoms with Crippen molar-refractivity contribution in [2.75, 3.05) is 25.1 Å². The molecule has 94 valence electrons. The highest BCUT2D eigenvalue weighted by molar-refractivity contribution is 5.70. The zero-order chi connectivity index (χ0) is 12.5. The molecular formula is C13H19NO3. The fourth-order valence-electron chi connectivity index (χ4n) is 1.40. The van der Waals surface area contributed by atoms with Gasteiger partial charge in [0.15, 0.2) is 0 Å². The predicted octanol–water partition coefficient (Wildman–Crippen LogP) is 2.45. The molecule has 1 rings (SSSR count). The van der Waals surface area contributed by atoms with Gasteiger partial charge in [-0.05, 0) is 26.0 Å². The molecule has 4 heteroatoms. The molecule has 0 atom stereocenters. The van der Waals surface area contributed by atoms with Crippen molar-refractivity contribution >= 4 is 11.7 Å². The number of anilines is 1. The maximum absolute atomic E-state index is 11.1. The Labute approximate surface area is 102 Å². The number of benzene rings is 1. The Kier molecular flexibility index (Phi) is 5.93. The molecule has 0 fully saturated rings. The summed E-state index contributed by atoms with van der Waals surface area (Å²) in [6.07, 6.45) is 0.368. The van der Waals surface area contributed by atoms with Crippen LogP contribution < -0.4 is 10.1 Å². The average Bonchev–Trinajstić information content (AvgIpc) is 2.30. The number of hydrogen-bond acceptors (Lipinski definition) is 4. The van der Waals surface area contributed by atoms with E-state index in [1.165, 1.54) is 0 Å². The summed E-state index contributed by atoms with van der Waals surface area (Å²) >= 11 is 0. The molecule has 0 unspecified atom stereocenters. The van der Waals surface area contributed by atoms with E-state index in [9.17, 15) is 4.79 Å². The van der Waals surface area contributed by atoms with Gasteiger partial charge in [0.05, 0.1) is 19.6 Å². The molecule has 1 N–H and O–H groups in total. The quantitative estimate of drug-likeness (QED) is 0.740. The number of nitrogens with one attached hydrogen (secondary N) is 1. The molecule has 0 saturated carbocycles. The molecule has 0 radical (unpaired) electrons. The smallest absolute Gasteiger partial charge is 0.307 e. The van der Waals surface area contributed by atoms with Crippen LogP contribution in [-0.4, -0.2) is 25.7 Å². The van der Waals surface area contributed by atoms with E-state index in [4.69, 9.17) is 9.47 Å². The van der Waals surface area contributed by atoms with Crippen LogP contribution in [0.1, 0.15) is 20.3 Å². The molecule has 1 aromatic rings. The zero-order valence-electron chi connectivity index (χ0n) is 10.4. The van der Waals surface area contributed by atoms with Gasteiger partial charge in [0.25, 0.3) is 0 Å². The van der Waals surface area contributed by atoms with E-state index < -0.39 is 0 Å². The number of ether oxygens (including phenoxy) is 2. The van der Waals surface area contributed by atoms with Crippen molar-refractivity contribution < 1.29 is 14.3 Å². The first-order chi connectivity index (χ1) is 8.26. The van der Waals surface area contributed by atoms with E-state index in [1.54, 1.807) is 6.92 Å². The van der Waals surface area contributed by atoms with E-state index in [2.05, 4.69) is 5.32 Å². The molecule has 1 aromatic carbocycles. The van der Waals surface area contributed by atoms with Crippen LogP contribution in [0.2, 0.25) is 0 Å². The van der Waals surface area contributed by atoms with Gasteiger partial charge in [-0.15, -0.1) is 0 Å². The van der Waals surface area contributed by atoms with Crippen LogP contribution in [0.25, 0.3) is 0 Å². The molecule has 0 amide bonds. The van der Waals surface area contributed by atoms with Crippen LogP contribution in [0.15, 0.2) is 24.3 Å². The maximum atomic E-state index is 11.1. The summed E-state index contributed by atoms with van der Waals surface area (Å²) < 4.78 is 10.2. The Morgan fingerprint density at radius 3 is 2.82 bits per heavy atom. The first-order valence-corrected chi connectivity index (χ1v) is 5.88. The van der Waals surface area contributed by atoms with Crippen molar-refractivity contribution in [2.24, 2.45) is 0 Å². The van der Waals surface area contributed by atoms with Gasteiger partial charge in [-0.1, -0.05) is 6.07 Å². The number of carbonyl (C=O) groups excluding carboxylic acids is 1. The molecule has 0 aliphatic rings. The summed E-state index contributed by atoms with van der Waals surface area (Å²) in [7, 11) is 0. The van der Waals surface area contributed by atoms with Crippen molar-refractivity contribution in [3.63, 3.8) is 0 Å². The largest absolute Gasteiger partial charge is 0.494 e. The number of esters is 1. The lowest BCUT2D eigenvalue weighted by atomic mass is 10.3. The molecule has 0 aromatic heterocycles. The Morgan fingerprint density at radius 2 is 2.12 bits per heavy atom. The minimum absolute atomic E-state index is 0.180. The Hall–Kier alpha value is -1.71. The van der Waals surface area contributed by atoms with E-state index in [0.29, 0.717) is 26.2 Å². The molecule has 0 saturated heterocycles. The Morgan fingerprint density at radius 1 is 1.29 bits per heavy atom. The lowest BCUT2D eigenvalue weighted by Crippen LogP contribution is -2.11. The average molecular weight is 237 g/mol. The van der Waals surface area contributed by atoms with E-state index in [1.807, 2.05) is 31.2 Å². The molecule has 0 bridgehead atoms. The van der Waals surface area contributed by atoms with Gasteiger partial charge < -0.3 is 14.8 Å². The highest BCUT2D eigenvalue weighted by atomic mass is 16.5. The summed E-state index contributed by atoms with van der Waals surface area (Å²) in [4.78, 5) is 11.1. The SMILES string of the molecule is CCOC(=O)CCNc1cccc(OCC)c1. The van der Waals surface area contributed by atoms with Gasteiger partial charge in [-0.2, -0.15) is 0 Å². The van der Waals surface area contributed by atoms with Gasteiger partial charge in [0, 0.05) is 18.3 Å². The Balaban J connectivity index is 2.35. The summed E-state index contributed by atoms with van der Waals surface area (Å²) in [5.41, 5.74) is 0.945. The number of hydrogen-bond donors (Lipinski definition) is 1. The second-order valence-electron chi connectivity index (χ2n) is 3.44. The highest BCUT2D eigenvalue weighted by Gasteiger charge is 2.01. The van der Waals surface area contributed by atoms with Gasteiger partial charge >= 0.3 is 5.97 Å². The van der Waals surface area contributed by atoms with Crippen LogP contribution >= 0.6 is 0 Å². The third kappa shape index (κ3) is 5.24. The standard InChI is InChI=1S/C13H19NO3/c1-3-16-12-7-5-6-11(10-12)14-9-8-13(15)17-4-2/h5-7,10,14H,3-4,8-9H2,1-2H3. The maximum Gasteiger partial charge on any atom is 0.307 e.